The molecular formula is C20H21Cl5F2N2O2. The number of rotatable bonds is 6. The van der Waals surface area contributed by atoms with Crippen LogP contribution in [-0.4, -0.2) is 59.4 Å². The lowest BCUT2D eigenvalue weighted by Gasteiger charge is -2.47. The lowest BCUT2D eigenvalue weighted by atomic mass is 9.94. The van der Waals surface area contributed by atoms with E-state index in [2.05, 4.69) is 0 Å². The maximum atomic E-state index is 14.3. The molecule has 0 amide bonds. The summed E-state index contributed by atoms with van der Waals surface area (Å²) in [6.07, 6.45) is 0. The highest BCUT2D eigenvalue weighted by atomic mass is 35.5. The van der Waals surface area contributed by atoms with Gasteiger partial charge < -0.3 is 10.2 Å². The van der Waals surface area contributed by atoms with Crippen LogP contribution >= 0.6 is 58.8 Å². The molecule has 31 heavy (non-hydrogen) atoms. The monoisotopic (exact) mass is 534 g/mol. The van der Waals surface area contributed by atoms with Gasteiger partial charge in [-0.3, -0.25) is 9.80 Å². The van der Waals surface area contributed by atoms with Crippen LogP contribution in [0.1, 0.15) is 23.2 Å². The lowest BCUT2D eigenvalue weighted by Crippen LogP contribution is -2.51. The lowest BCUT2D eigenvalue weighted by molar-refractivity contribution is 0.00425. The van der Waals surface area contributed by atoms with Crippen LogP contribution in [0, 0.1) is 11.6 Å². The van der Waals surface area contributed by atoms with Crippen molar-refractivity contribution in [2.45, 2.75) is 12.1 Å². The molecule has 1 saturated heterocycles. The van der Waals surface area contributed by atoms with Crippen molar-refractivity contribution in [1.82, 2.24) is 9.80 Å². The number of nitrogens with zero attached hydrogens (tertiary/aromatic N) is 2. The summed E-state index contributed by atoms with van der Waals surface area (Å²) in [6.45, 7) is 1.10. The Morgan fingerprint density at radius 1 is 0.742 bits per heavy atom. The fourth-order valence-corrected chi connectivity index (χ4v) is 4.90. The summed E-state index contributed by atoms with van der Waals surface area (Å²) in [5.74, 6) is -1.24. The van der Waals surface area contributed by atoms with Crippen LogP contribution in [-0.2, 0) is 0 Å². The number of aliphatic hydroxyl groups excluding tert-OH is 2. The third kappa shape index (κ3) is 5.94. The molecule has 1 aliphatic heterocycles. The summed E-state index contributed by atoms with van der Waals surface area (Å²) in [4.78, 5) is 3.85. The first-order chi connectivity index (χ1) is 14.3. The summed E-state index contributed by atoms with van der Waals surface area (Å²) in [5, 5.41) is 19.5. The highest BCUT2D eigenvalue weighted by Crippen LogP contribution is 2.42. The molecule has 1 heterocycles. The highest BCUT2D eigenvalue weighted by Gasteiger charge is 2.38. The average Bonchev–Trinajstić information content (AvgIpc) is 2.69. The molecule has 172 valence electrons. The van der Waals surface area contributed by atoms with Crippen LogP contribution in [0.4, 0.5) is 8.78 Å². The minimum atomic E-state index is -0.619. The van der Waals surface area contributed by atoms with Crippen LogP contribution in [0.5, 0.6) is 0 Å². The molecule has 1 aliphatic rings. The largest absolute Gasteiger partial charge is 0.395 e. The molecule has 11 heteroatoms. The predicted octanol–water partition coefficient (Wildman–Crippen LogP) is 5.38. The fraction of sp³-hybridized carbons (Fsp3) is 0.400. The van der Waals surface area contributed by atoms with Gasteiger partial charge in [0.05, 0.1) is 23.3 Å². The molecule has 0 aliphatic carbocycles. The molecule has 2 aromatic carbocycles. The van der Waals surface area contributed by atoms with Crippen molar-refractivity contribution < 1.29 is 19.0 Å². The second-order valence-corrected chi connectivity index (χ2v) is 8.68. The number of benzene rings is 2. The van der Waals surface area contributed by atoms with Gasteiger partial charge in [-0.05, 0) is 35.4 Å². The van der Waals surface area contributed by atoms with Crippen LogP contribution in [0.15, 0.2) is 24.3 Å². The molecule has 0 aromatic heterocycles. The van der Waals surface area contributed by atoms with E-state index < -0.39 is 23.7 Å². The SMILES string of the molecule is Cl.OCCN1CC(c2cc(F)c(Cl)cc2Cl)N(CCO)C(c2cc(F)c(Cl)cc2Cl)C1. The molecule has 1 fully saturated rings. The summed E-state index contributed by atoms with van der Waals surface area (Å²) in [5.41, 5.74) is 0.954. The fourth-order valence-electron chi connectivity index (χ4n) is 3.88. The molecule has 2 N–H and O–H groups in total. The normalized spacial score (nSPS) is 20.0. The summed E-state index contributed by atoms with van der Waals surface area (Å²) in [7, 11) is 0. The number of β-amino-alcohol motifs (C(OH)–C–C–N with tert-alkyl or cyclic N) is 2. The molecule has 0 radical (unpaired) electrons. The smallest absolute Gasteiger partial charge is 0.142 e. The molecule has 0 bridgehead atoms. The van der Waals surface area contributed by atoms with E-state index in [0.29, 0.717) is 30.8 Å². The van der Waals surface area contributed by atoms with Crippen LogP contribution in [0.25, 0.3) is 0 Å². The Kier molecular flexibility index (Phi) is 10.1. The zero-order valence-electron chi connectivity index (χ0n) is 16.2. The van der Waals surface area contributed by atoms with E-state index in [1.165, 1.54) is 24.3 Å². The van der Waals surface area contributed by atoms with Crippen molar-refractivity contribution in [2.24, 2.45) is 0 Å². The predicted molar refractivity (Wildman–Crippen MR) is 123 cm³/mol. The zero-order valence-corrected chi connectivity index (χ0v) is 20.0. The number of piperazine rings is 1. The van der Waals surface area contributed by atoms with Gasteiger partial charge in [-0.15, -0.1) is 12.4 Å². The summed E-state index contributed by atoms with van der Waals surface area (Å²) < 4.78 is 28.5. The van der Waals surface area contributed by atoms with E-state index in [9.17, 15) is 19.0 Å². The van der Waals surface area contributed by atoms with Gasteiger partial charge in [0.15, 0.2) is 0 Å². The van der Waals surface area contributed by atoms with Crippen LogP contribution in [0.3, 0.4) is 0 Å². The van der Waals surface area contributed by atoms with Crippen molar-refractivity contribution in [3.05, 3.63) is 67.1 Å². The topological polar surface area (TPSA) is 46.9 Å². The Hall–Kier alpha value is -0.410. The van der Waals surface area contributed by atoms with E-state index in [1.54, 1.807) is 0 Å². The van der Waals surface area contributed by atoms with Gasteiger partial charge in [0.25, 0.3) is 0 Å². The van der Waals surface area contributed by atoms with Gasteiger partial charge in [-0.1, -0.05) is 46.4 Å². The maximum absolute atomic E-state index is 14.3. The van der Waals surface area contributed by atoms with Crippen molar-refractivity contribution in [3.8, 4) is 0 Å². The van der Waals surface area contributed by atoms with Gasteiger partial charge in [0.2, 0.25) is 0 Å². The molecule has 2 atom stereocenters. The average molecular weight is 537 g/mol. The van der Waals surface area contributed by atoms with E-state index in [-0.39, 0.29) is 52.3 Å². The number of hydrogen-bond acceptors (Lipinski definition) is 4. The van der Waals surface area contributed by atoms with Gasteiger partial charge >= 0.3 is 0 Å². The van der Waals surface area contributed by atoms with Crippen molar-refractivity contribution in [2.75, 3.05) is 39.4 Å². The van der Waals surface area contributed by atoms with E-state index >= 15 is 0 Å². The molecular weight excluding hydrogens is 515 g/mol. The molecule has 4 nitrogen and oxygen atoms in total. The Morgan fingerprint density at radius 2 is 1.16 bits per heavy atom. The molecule has 3 rings (SSSR count). The quantitative estimate of drug-likeness (QED) is 0.487. The Bertz CT molecular complexity index is 854. The third-order valence-electron chi connectivity index (χ3n) is 5.23. The second-order valence-electron chi connectivity index (χ2n) is 7.05. The van der Waals surface area contributed by atoms with Crippen LogP contribution < -0.4 is 0 Å². The van der Waals surface area contributed by atoms with Crippen molar-refractivity contribution in [3.63, 3.8) is 0 Å². The first-order valence-electron chi connectivity index (χ1n) is 9.25. The number of aliphatic hydroxyl groups is 2. The van der Waals surface area contributed by atoms with E-state index in [0.717, 1.165) is 0 Å². The number of halogens is 7. The highest BCUT2D eigenvalue weighted by molar-refractivity contribution is 6.35. The molecule has 2 unspecified atom stereocenters. The molecule has 0 saturated carbocycles. The standard InChI is InChI=1S/C20H20Cl4F2N2O2.ClH/c21-13-7-15(23)17(25)5-11(13)19-9-27(1-3-29)10-20(28(19)2-4-30)12-6-18(26)16(24)8-14(12)22;/h5-8,19-20,29-30H,1-4,9-10H2;1H. The molecule has 0 spiro atoms. The van der Waals surface area contributed by atoms with Crippen molar-refractivity contribution >= 4 is 58.8 Å². The molecule has 2 aromatic rings. The van der Waals surface area contributed by atoms with Gasteiger partial charge in [0.1, 0.15) is 11.6 Å². The maximum Gasteiger partial charge on any atom is 0.142 e. The first-order valence-corrected chi connectivity index (χ1v) is 10.8. The van der Waals surface area contributed by atoms with E-state index in [4.69, 9.17) is 46.4 Å². The van der Waals surface area contributed by atoms with Gasteiger partial charge in [0, 0.05) is 48.3 Å². The Balaban J connectivity index is 0.00000341. The first kappa shape index (κ1) is 26.8. The second kappa shape index (κ2) is 11.6. The minimum absolute atomic E-state index is 0. The Morgan fingerprint density at radius 3 is 1.55 bits per heavy atom. The van der Waals surface area contributed by atoms with Gasteiger partial charge in [-0.2, -0.15) is 0 Å². The Labute approximate surface area is 205 Å². The zero-order chi connectivity index (χ0) is 22.0. The van der Waals surface area contributed by atoms with Crippen molar-refractivity contribution in [1.29, 1.82) is 0 Å². The van der Waals surface area contributed by atoms with E-state index in [1.807, 2.05) is 9.80 Å². The summed E-state index contributed by atoms with van der Waals surface area (Å²) >= 11 is 24.5. The number of hydrogen-bond donors (Lipinski definition) is 2. The minimum Gasteiger partial charge on any atom is -0.395 e. The van der Waals surface area contributed by atoms with Gasteiger partial charge in [-0.25, -0.2) is 8.78 Å². The third-order valence-corrected chi connectivity index (χ3v) is 6.47. The summed E-state index contributed by atoms with van der Waals surface area (Å²) in [6, 6.07) is 4.28. The van der Waals surface area contributed by atoms with Crippen LogP contribution in [0.2, 0.25) is 20.1 Å².